The Morgan fingerprint density at radius 1 is 1.25 bits per heavy atom. The first kappa shape index (κ1) is 12.7. The summed E-state index contributed by atoms with van der Waals surface area (Å²) >= 11 is 0. The van der Waals surface area contributed by atoms with Gasteiger partial charge in [0.2, 0.25) is 0 Å². The van der Waals surface area contributed by atoms with Crippen LogP contribution in [0.1, 0.15) is 38.2 Å². The summed E-state index contributed by atoms with van der Waals surface area (Å²) in [5, 5.41) is 19.1. The molecule has 0 aliphatic heterocycles. The lowest BCUT2D eigenvalue weighted by Gasteiger charge is -2.27. The number of aliphatic hydroxyl groups is 1. The zero-order chi connectivity index (χ0) is 12.0. The Bertz CT molecular complexity index is 334. The Balaban J connectivity index is 2.83. The van der Waals surface area contributed by atoms with Crippen LogP contribution in [0.15, 0.2) is 30.3 Å². The van der Waals surface area contributed by atoms with Crippen LogP contribution in [0.2, 0.25) is 0 Å². The van der Waals surface area contributed by atoms with E-state index in [1.54, 1.807) is 0 Å². The standard InChI is InChI=1S/C13H18O3/c1-2-9-13(16,10-8-12(14)15)11-6-4-3-5-7-11/h3-7,16H,2,8-10H2,1H3,(H,14,15). The molecule has 0 saturated heterocycles. The molecule has 0 radical (unpaired) electrons. The molecule has 0 aliphatic carbocycles. The van der Waals surface area contributed by atoms with Crippen molar-refractivity contribution in [2.45, 2.75) is 38.2 Å². The van der Waals surface area contributed by atoms with Crippen molar-refractivity contribution in [3.63, 3.8) is 0 Å². The van der Waals surface area contributed by atoms with E-state index in [4.69, 9.17) is 5.11 Å². The first-order valence-corrected chi connectivity index (χ1v) is 5.58. The summed E-state index contributed by atoms with van der Waals surface area (Å²) in [6.45, 7) is 1.98. The van der Waals surface area contributed by atoms with Crippen molar-refractivity contribution in [2.75, 3.05) is 0 Å². The maximum atomic E-state index is 10.6. The molecule has 1 aromatic carbocycles. The van der Waals surface area contributed by atoms with Crippen molar-refractivity contribution < 1.29 is 15.0 Å². The molecule has 1 aromatic rings. The number of aliphatic carboxylic acids is 1. The monoisotopic (exact) mass is 222 g/mol. The SMILES string of the molecule is CCCC(O)(CCC(=O)O)c1ccccc1. The Kier molecular flexibility index (Phi) is 4.50. The van der Waals surface area contributed by atoms with Crippen molar-refractivity contribution in [3.05, 3.63) is 35.9 Å². The van der Waals surface area contributed by atoms with Gasteiger partial charge in [0.05, 0.1) is 5.60 Å². The van der Waals surface area contributed by atoms with Crippen molar-refractivity contribution in [1.82, 2.24) is 0 Å². The quantitative estimate of drug-likeness (QED) is 0.777. The van der Waals surface area contributed by atoms with Crippen LogP contribution in [0.5, 0.6) is 0 Å². The van der Waals surface area contributed by atoms with Gasteiger partial charge in [0.25, 0.3) is 0 Å². The molecule has 0 saturated carbocycles. The predicted octanol–water partition coefficient (Wildman–Crippen LogP) is 2.54. The highest BCUT2D eigenvalue weighted by molar-refractivity contribution is 5.66. The summed E-state index contributed by atoms with van der Waals surface area (Å²) in [6, 6.07) is 9.29. The van der Waals surface area contributed by atoms with E-state index in [2.05, 4.69) is 0 Å². The third-order valence-electron chi connectivity index (χ3n) is 2.73. The normalized spacial score (nSPS) is 14.4. The first-order valence-electron chi connectivity index (χ1n) is 5.58. The van der Waals surface area contributed by atoms with Gasteiger partial charge >= 0.3 is 5.97 Å². The van der Waals surface area contributed by atoms with Crippen LogP contribution >= 0.6 is 0 Å². The van der Waals surface area contributed by atoms with E-state index in [0.29, 0.717) is 6.42 Å². The fourth-order valence-electron chi connectivity index (χ4n) is 1.89. The zero-order valence-electron chi connectivity index (χ0n) is 9.52. The van der Waals surface area contributed by atoms with E-state index < -0.39 is 11.6 Å². The molecule has 1 rings (SSSR count). The molecule has 0 aliphatic rings. The number of hydrogen-bond acceptors (Lipinski definition) is 2. The fraction of sp³-hybridized carbons (Fsp3) is 0.462. The predicted molar refractivity (Wildman–Crippen MR) is 62.1 cm³/mol. The van der Waals surface area contributed by atoms with E-state index in [-0.39, 0.29) is 12.8 Å². The number of carbonyl (C=O) groups is 1. The Hall–Kier alpha value is -1.35. The van der Waals surface area contributed by atoms with Crippen LogP contribution in [0.3, 0.4) is 0 Å². The van der Waals surface area contributed by atoms with E-state index in [1.807, 2.05) is 37.3 Å². The molecule has 1 atom stereocenters. The largest absolute Gasteiger partial charge is 0.481 e. The number of hydrogen-bond donors (Lipinski definition) is 2. The highest BCUT2D eigenvalue weighted by Crippen LogP contribution is 2.31. The second-order valence-electron chi connectivity index (χ2n) is 4.04. The van der Waals surface area contributed by atoms with Crippen LogP contribution < -0.4 is 0 Å². The van der Waals surface area contributed by atoms with Gasteiger partial charge in [-0.2, -0.15) is 0 Å². The van der Waals surface area contributed by atoms with Gasteiger partial charge < -0.3 is 10.2 Å². The van der Waals surface area contributed by atoms with Crippen LogP contribution in [0.4, 0.5) is 0 Å². The Morgan fingerprint density at radius 3 is 2.38 bits per heavy atom. The molecular weight excluding hydrogens is 204 g/mol. The Labute approximate surface area is 95.7 Å². The molecule has 3 nitrogen and oxygen atoms in total. The van der Waals surface area contributed by atoms with Gasteiger partial charge in [-0.15, -0.1) is 0 Å². The van der Waals surface area contributed by atoms with Crippen molar-refractivity contribution in [3.8, 4) is 0 Å². The maximum absolute atomic E-state index is 10.6. The lowest BCUT2D eigenvalue weighted by atomic mass is 9.85. The molecule has 3 heteroatoms. The molecule has 0 heterocycles. The average Bonchev–Trinajstić information content (AvgIpc) is 2.28. The molecular formula is C13H18O3. The van der Waals surface area contributed by atoms with Crippen LogP contribution in [0.25, 0.3) is 0 Å². The van der Waals surface area contributed by atoms with Crippen LogP contribution in [-0.2, 0) is 10.4 Å². The van der Waals surface area contributed by atoms with Gasteiger partial charge in [-0.3, -0.25) is 4.79 Å². The van der Waals surface area contributed by atoms with Crippen molar-refractivity contribution in [1.29, 1.82) is 0 Å². The summed E-state index contributed by atoms with van der Waals surface area (Å²) in [4.78, 5) is 10.6. The molecule has 2 N–H and O–H groups in total. The lowest BCUT2D eigenvalue weighted by molar-refractivity contribution is -0.138. The topological polar surface area (TPSA) is 57.5 Å². The van der Waals surface area contributed by atoms with Gasteiger partial charge in [0.15, 0.2) is 0 Å². The molecule has 0 spiro atoms. The molecule has 0 bridgehead atoms. The molecule has 0 amide bonds. The van der Waals surface area contributed by atoms with E-state index >= 15 is 0 Å². The van der Waals surface area contributed by atoms with E-state index in [1.165, 1.54) is 0 Å². The summed E-state index contributed by atoms with van der Waals surface area (Å²) in [7, 11) is 0. The van der Waals surface area contributed by atoms with Crippen LogP contribution in [-0.4, -0.2) is 16.2 Å². The molecule has 0 aromatic heterocycles. The number of carboxylic acids is 1. The van der Waals surface area contributed by atoms with Gasteiger partial charge in [0, 0.05) is 6.42 Å². The molecule has 1 unspecified atom stereocenters. The minimum atomic E-state index is -1.01. The lowest BCUT2D eigenvalue weighted by Crippen LogP contribution is -2.26. The minimum Gasteiger partial charge on any atom is -0.481 e. The van der Waals surface area contributed by atoms with E-state index in [0.717, 1.165) is 12.0 Å². The first-order chi connectivity index (χ1) is 7.58. The van der Waals surface area contributed by atoms with Crippen LogP contribution in [0, 0.1) is 0 Å². The number of rotatable bonds is 6. The maximum Gasteiger partial charge on any atom is 0.303 e. The summed E-state index contributed by atoms with van der Waals surface area (Å²) in [5.74, 6) is -0.870. The van der Waals surface area contributed by atoms with Crippen molar-refractivity contribution in [2.24, 2.45) is 0 Å². The highest BCUT2D eigenvalue weighted by Gasteiger charge is 2.28. The second-order valence-corrected chi connectivity index (χ2v) is 4.04. The van der Waals surface area contributed by atoms with Gasteiger partial charge in [-0.1, -0.05) is 43.7 Å². The summed E-state index contributed by atoms with van der Waals surface area (Å²) in [5.41, 5.74) is -0.202. The minimum absolute atomic E-state index is 0.00854. The summed E-state index contributed by atoms with van der Waals surface area (Å²) < 4.78 is 0. The molecule has 0 fully saturated rings. The zero-order valence-corrected chi connectivity index (χ0v) is 9.52. The highest BCUT2D eigenvalue weighted by atomic mass is 16.4. The number of carboxylic acid groups (broad SMARTS) is 1. The van der Waals surface area contributed by atoms with Gasteiger partial charge in [-0.25, -0.2) is 0 Å². The molecule has 16 heavy (non-hydrogen) atoms. The summed E-state index contributed by atoms with van der Waals surface area (Å²) in [6.07, 6.45) is 1.67. The van der Waals surface area contributed by atoms with E-state index in [9.17, 15) is 9.90 Å². The van der Waals surface area contributed by atoms with Gasteiger partial charge in [-0.05, 0) is 18.4 Å². The van der Waals surface area contributed by atoms with Crippen molar-refractivity contribution >= 4 is 5.97 Å². The average molecular weight is 222 g/mol. The Morgan fingerprint density at radius 2 is 1.88 bits per heavy atom. The fourth-order valence-corrected chi connectivity index (χ4v) is 1.89. The second kappa shape index (κ2) is 5.66. The smallest absolute Gasteiger partial charge is 0.303 e. The third-order valence-corrected chi connectivity index (χ3v) is 2.73. The molecule has 88 valence electrons. The third kappa shape index (κ3) is 3.35. The van der Waals surface area contributed by atoms with Gasteiger partial charge in [0.1, 0.15) is 0 Å². The number of benzene rings is 1.